The van der Waals surface area contributed by atoms with E-state index in [0.29, 0.717) is 5.56 Å². The molecule has 4 rings (SSSR count). The Kier molecular flexibility index (Phi) is 6.78. The Morgan fingerprint density at radius 3 is 2.47 bits per heavy atom. The van der Waals surface area contributed by atoms with Gasteiger partial charge in [-0.15, -0.1) is 11.3 Å². The van der Waals surface area contributed by atoms with E-state index in [9.17, 15) is 4.79 Å². The number of thiocarbonyl (C=S) groups is 1. The smallest absolute Gasteiger partial charge is 0.257 e. The lowest BCUT2D eigenvalue weighted by Crippen LogP contribution is -2.34. The van der Waals surface area contributed by atoms with Crippen molar-refractivity contribution in [3.8, 4) is 16.3 Å². The first kappa shape index (κ1) is 21.9. The van der Waals surface area contributed by atoms with Crippen LogP contribution in [0.3, 0.4) is 0 Å². The maximum absolute atomic E-state index is 12.5. The Balaban J connectivity index is 1.35. The fourth-order valence-electron chi connectivity index (χ4n) is 3.03. The first-order valence-corrected chi connectivity index (χ1v) is 11.6. The lowest BCUT2D eigenvalue weighted by Gasteiger charge is -2.13. The summed E-state index contributed by atoms with van der Waals surface area (Å²) < 4.78 is 6.90. The van der Waals surface area contributed by atoms with Gasteiger partial charge in [0.15, 0.2) is 5.11 Å². The maximum Gasteiger partial charge on any atom is 0.257 e. The van der Waals surface area contributed by atoms with Gasteiger partial charge in [-0.25, -0.2) is 4.98 Å². The fourth-order valence-corrected chi connectivity index (χ4v) is 4.21. The van der Waals surface area contributed by atoms with E-state index in [4.69, 9.17) is 17.0 Å². The maximum atomic E-state index is 12.5. The highest BCUT2D eigenvalue weighted by molar-refractivity contribution is 7.80. The van der Waals surface area contributed by atoms with Crippen LogP contribution in [0.4, 0.5) is 5.69 Å². The molecule has 4 aromatic rings. The third kappa shape index (κ3) is 5.30. The zero-order valence-corrected chi connectivity index (χ0v) is 19.4. The number of anilines is 1. The van der Waals surface area contributed by atoms with Gasteiger partial charge in [0.2, 0.25) is 0 Å². The number of thiazole rings is 1. The van der Waals surface area contributed by atoms with Crippen molar-refractivity contribution >= 4 is 50.5 Å². The summed E-state index contributed by atoms with van der Waals surface area (Å²) in [6.45, 7) is 4.07. The molecule has 32 heavy (non-hydrogen) atoms. The van der Waals surface area contributed by atoms with Gasteiger partial charge in [0.1, 0.15) is 10.8 Å². The molecule has 0 spiro atoms. The van der Waals surface area contributed by atoms with Gasteiger partial charge in [-0.1, -0.05) is 19.1 Å². The van der Waals surface area contributed by atoms with Crippen LogP contribution in [0.25, 0.3) is 20.8 Å². The normalized spacial score (nSPS) is 11.7. The first-order valence-electron chi connectivity index (χ1n) is 10.4. The summed E-state index contributed by atoms with van der Waals surface area (Å²) in [7, 11) is 0. The number of rotatable bonds is 6. The van der Waals surface area contributed by atoms with Gasteiger partial charge >= 0.3 is 0 Å². The van der Waals surface area contributed by atoms with Crippen molar-refractivity contribution in [3.05, 3.63) is 78.4 Å². The topological polar surface area (TPSA) is 63.2 Å². The zero-order valence-electron chi connectivity index (χ0n) is 17.8. The molecule has 0 saturated heterocycles. The highest BCUT2D eigenvalue weighted by Gasteiger charge is 2.10. The Labute approximate surface area is 196 Å². The molecule has 1 aromatic heterocycles. The molecule has 0 unspecified atom stereocenters. The molecule has 0 fully saturated rings. The molecular weight excluding hydrogens is 438 g/mol. The van der Waals surface area contributed by atoms with E-state index in [-0.39, 0.29) is 17.1 Å². The van der Waals surface area contributed by atoms with Gasteiger partial charge in [-0.2, -0.15) is 0 Å². The van der Waals surface area contributed by atoms with Gasteiger partial charge in [0.05, 0.1) is 16.3 Å². The van der Waals surface area contributed by atoms with Crippen molar-refractivity contribution in [2.75, 3.05) is 5.32 Å². The molecule has 0 aliphatic rings. The van der Waals surface area contributed by atoms with Crippen LogP contribution in [-0.2, 0) is 0 Å². The van der Waals surface area contributed by atoms with Crippen molar-refractivity contribution in [1.82, 2.24) is 10.3 Å². The second kappa shape index (κ2) is 9.89. The fraction of sp³-hybridized carbons (Fsp3) is 0.160. The first-order chi connectivity index (χ1) is 15.5. The number of ether oxygens (including phenoxy) is 1. The number of amides is 1. The number of nitrogens with zero attached hydrogens (tertiary/aromatic N) is 1. The lowest BCUT2D eigenvalue weighted by molar-refractivity contribution is 0.0977. The van der Waals surface area contributed by atoms with Crippen molar-refractivity contribution in [2.24, 2.45) is 0 Å². The molecule has 162 valence electrons. The van der Waals surface area contributed by atoms with Crippen LogP contribution >= 0.6 is 23.6 Å². The Morgan fingerprint density at radius 1 is 1.06 bits per heavy atom. The van der Waals surface area contributed by atoms with Crippen LogP contribution in [0.15, 0.2) is 72.8 Å². The third-order valence-corrected chi connectivity index (χ3v) is 6.23. The second-order valence-corrected chi connectivity index (χ2v) is 8.77. The average molecular weight is 462 g/mol. The van der Waals surface area contributed by atoms with E-state index in [1.54, 1.807) is 35.6 Å². The van der Waals surface area contributed by atoms with Crippen LogP contribution in [0.1, 0.15) is 30.6 Å². The summed E-state index contributed by atoms with van der Waals surface area (Å²) in [5.74, 6) is 0.466. The molecule has 5 nitrogen and oxygen atoms in total. The molecule has 0 radical (unpaired) electrons. The van der Waals surface area contributed by atoms with E-state index in [1.807, 2.05) is 49.4 Å². The minimum absolute atomic E-state index is 0.132. The molecule has 1 atom stereocenters. The molecule has 0 bridgehead atoms. The highest BCUT2D eigenvalue weighted by atomic mass is 32.1. The van der Waals surface area contributed by atoms with Crippen LogP contribution in [0, 0.1) is 0 Å². The van der Waals surface area contributed by atoms with Crippen LogP contribution in [0.2, 0.25) is 0 Å². The van der Waals surface area contributed by atoms with Gasteiger partial charge in [-0.3, -0.25) is 10.1 Å². The standard InChI is InChI=1S/C25H23N3O2S2/c1-3-16(2)30-20-14-10-17(11-15-20)23(29)28-25(31)26-19-12-8-18(9-13-19)24-27-21-6-4-5-7-22(21)32-24/h4-16H,3H2,1-2H3,(H2,26,28,29,31)/t16-/m0/s1. The van der Waals surface area contributed by atoms with Crippen molar-refractivity contribution in [3.63, 3.8) is 0 Å². The molecule has 1 heterocycles. The molecule has 2 N–H and O–H groups in total. The van der Waals surface area contributed by atoms with Crippen LogP contribution in [0.5, 0.6) is 5.75 Å². The van der Waals surface area contributed by atoms with Crippen LogP contribution < -0.4 is 15.4 Å². The molecule has 7 heteroatoms. The molecule has 3 aromatic carbocycles. The van der Waals surface area contributed by atoms with Gasteiger partial charge in [0.25, 0.3) is 5.91 Å². The minimum atomic E-state index is -0.274. The Morgan fingerprint density at radius 2 is 1.78 bits per heavy atom. The second-order valence-electron chi connectivity index (χ2n) is 7.33. The quantitative estimate of drug-likeness (QED) is 0.332. The number of benzene rings is 3. The minimum Gasteiger partial charge on any atom is -0.491 e. The average Bonchev–Trinajstić information content (AvgIpc) is 3.24. The Bertz CT molecular complexity index is 1200. The molecule has 0 aliphatic carbocycles. The molecule has 1 amide bonds. The van der Waals surface area contributed by atoms with Gasteiger partial charge in [0, 0.05) is 16.8 Å². The number of para-hydroxylation sites is 1. The van der Waals surface area contributed by atoms with Crippen molar-refractivity contribution in [1.29, 1.82) is 0 Å². The van der Waals surface area contributed by atoms with Gasteiger partial charge in [-0.05, 0) is 86.2 Å². The van der Waals surface area contributed by atoms with Crippen molar-refractivity contribution < 1.29 is 9.53 Å². The largest absolute Gasteiger partial charge is 0.491 e. The summed E-state index contributed by atoms with van der Waals surface area (Å²) in [5, 5.41) is 6.97. The van der Waals surface area contributed by atoms with E-state index >= 15 is 0 Å². The summed E-state index contributed by atoms with van der Waals surface area (Å²) in [5.41, 5.74) is 3.33. The predicted octanol–water partition coefficient (Wildman–Crippen LogP) is 6.27. The van der Waals surface area contributed by atoms with Crippen LogP contribution in [-0.4, -0.2) is 22.1 Å². The number of carbonyl (C=O) groups is 1. The number of aromatic nitrogens is 1. The third-order valence-electron chi connectivity index (χ3n) is 4.94. The summed E-state index contributed by atoms with van der Waals surface area (Å²) in [6.07, 6.45) is 1.05. The lowest BCUT2D eigenvalue weighted by atomic mass is 10.2. The predicted molar refractivity (Wildman–Crippen MR) is 136 cm³/mol. The van der Waals surface area contributed by atoms with E-state index < -0.39 is 0 Å². The SMILES string of the molecule is CC[C@H](C)Oc1ccc(C(=O)NC(=S)Nc2ccc(-c3nc4ccccc4s3)cc2)cc1. The Hall–Kier alpha value is -3.29. The number of hydrogen-bond acceptors (Lipinski definition) is 5. The number of hydrogen-bond donors (Lipinski definition) is 2. The molecule has 0 aliphatic heterocycles. The summed E-state index contributed by atoms with van der Waals surface area (Å²) in [4.78, 5) is 17.2. The number of nitrogens with one attached hydrogen (secondary N) is 2. The highest BCUT2D eigenvalue weighted by Crippen LogP contribution is 2.30. The number of fused-ring (bicyclic) bond motifs is 1. The van der Waals surface area contributed by atoms with E-state index in [1.165, 1.54) is 0 Å². The van der Waals surface area contributed by atoms with E-state index in [0.717, 1.165) is 38.6 Å². The summed E-state index contributed by atoms with van der Waals surface area (Å²) >= 11 is 6.96. The van der Waals surface area contributed by atoms with Crippen molar-refractivity contribution in [2.45, 2.75) is 26.4 Å². The molecular formula is C25H23N3O2S2. The monoisotopic (exact) mass is 461 g/mol. The van der Waals surface area contributed by atoms with Gasteiger partial charge < -0.3 is 10.1 Å². The molecule has 0 saturated carbocycles. The summed E-state index contributed by atoms with van der Waals surface area (Å²) in [6, 6.07) is 22.9. The van der Waals surface area contributed by atoms with E-state index in [2.05, 4.69) is 28.6 Å². The zero-order chi connectivity index (χ0) is 22.5. The number of carbonyl (C=O) groups excluding carboxylic acids is 1.